The van der Waals surface area contributed by atoms with Crippen LogP contribution in [0.15, 0.2) is 91.4 Å². The maximum atomic E-state index is 14.8. The maximum Gasteiger partial charge on any atom is 0.246 e. The van der Waals surface area contributed by atoms with Crippen LogP contribution < -0.4 is 70.0 Å². The summed E-state index contributed by atoms with van der Waals surface area (Å²) < 4.78 is 0. The zero-order valence-electron chi connectivity index (χ0n) is 61.9. The highest BCUT2D eigenvalue weighted by Gasteiger charge is 2.42. The fourth-order valence-electron chi connectivity index (χ4n) is 14.1. The Labute approximate surface area is 628 Å². The van der Waals surface area contributed by atoms with Crippen LogP contribution >= 0.6 is 0 Å². The normalized spacial score (nSPS) is 17.2. The van der Waals surface area contributed by atoms with E-state index in [0.29, 0.717) is 43.4 Å². The van der Waals surface area contributed by atoms with Gasteiger partial charge >= 0.3 is 0 Å². The summed E-state index contributed by atoms with van der Waals surface area (Å²) in [5, 5.41) is 30.8. The van der Waals surface area contributed by atoms with E-state index in [1.54, 1.807) is 66.2 Å². The van der Waals surface area contributed by atoms with E-state index in [1.807, 2.05) is 66.7 Å². The van der Waals surface area contributed by atoms with Crippen LogP contribution in [0.3, 0.4) is 0 Å². The van der Waals surface area contributed by atoms with Crippen LogP contribution in [0.5, 0.6) is 0 Å². The Hall–Kier alpha value is -11.7. The fourth-order valence-corrected chi connectivity index (χ4v) is 14.1. The topological polar surface area (TPSA) is 498 Å². The fraction of sp³-hybridized carbons (Fsp3) is 0.480. The quantitative estimate of drug-likeness (QED) is 0.0205. The van der Waals surface area contributed by atoms with Crippen LogP contribution in [0.2, 0.25) is 0 Å². The predicted octanol–water partition coefficient (Wildman–Crippen LogP) is -1.97. The van der Waals surface area contributed by atoms with E-state index in [9.17, 15) is 71.9 Å². The highest BCUT2D eigenvalue weighted by atomic mass is 16.2. The van der Waals surface area contributed by atoms with Gasteiger partial charge in [0.2, 0.25) is 88.6 Å². The number of nitrogens with two attached hydrogens (primary N) is 2. The van der Waals surface area contributed by atoms with Crippen molar-refractivity contribution in [2.75, 3.05) is 58.9 Å². The van der Waals surface area contributed by atoms with Gasteiger partial charge in [-0.15, -0.1) is 0 Å². The van der Waals surface area contributed by atoms with Gasteiger partial charge in [-0.05, 0) is 97.6 Å². The van der Waals surface area contributed by atoms with Gasteiger partial charge in [0.05, 0.1) is 45.3 Å². The molecule has 584 valence electrons. The molecule has 0 unspecified atom stereocenters. The van der Waals surface area contributed by atoms with Crippen molar-refractivity contribution in [3.8, 4) is 0 Å². The molecule has 34 heteroatoms. The van der Waals surface area contributed by atoms with Crippen LogP contribution in [0.25, 0.3) is 32.7 Å². The lowest BCUT2D eigenvalue weighted by molar-refractivity contribution is -0.141. The summed E-state index contributed by atoms with van der Waals surface area (Å²) in [6.45, 7) is 7.02. The second-order valence-electron chi connectivity index (χ2n) is 28.7. The highest BCUT2D eigenvalue weighted by Crippen LogP contribution is 2.27. The Kier molecular flexibility index (Phi) is 28.1. The molecule has 6 aromatic rings. The van der Waals surface area contributed by atoms with E-state index in [1.165, 1.54) is 14.7 Å². The summed E-state index contributed by atoms with van der Waals surface area (Å²) in [6, 6.07) is 12.2. The van der Waals surface area contributed by atoms with Crippen LogP contribution in [0, 0.1) is 17.8 Å². The lowest BCUT2D eigenvalue weighted by Crippen LogP contribution is -2.57. The number of aromatic amines is 3. The molecule has 9 atom stereocenters. The lowest BCUT2D eigenvalue weighted by Gasteiger charge is -2.29. The third-order valence-corrected chi connectivity index (χ3v) is 19.8. The first-order chi connectivity index (χ1) is 52.1. The minimum atomic E-state index is -1.29. The zero-order chi connectivity index (χ0) is 78.8. The van der Waals surface area contributed by atoms with Crippen LogP contribution in [-0.4, -0.2) is 232 Å². The Morgan fingerprint density at radius 1 is 0.385 bits per heavy atom. The molecule has 3 aliphatic rings. The number of carbonyl (C=O) groups is 15. The van der Waals surface area contributed by atoms with Crippen molar-refractivity contribution in [3.63, 3.8) is 0 Å². The molecule has 15 amide bonds. The summed E-state index contributed by atoms with van der Waals surface area (Å²) in [4.78, 5) is 217. The Bertz CT molecular complexity index is 4370. The number of likely N-dealkylation sites (tertiary alicyclic amines) is 3. The smallest absolute Gasteiger partial charge is 0.246 e. The average molecular weight is 1510 g/mol. The molecule has 0 aliphatic carbocycles. The summed E-state index contributed by atoms with van der Waals surface area (Å²) in [5.41, 5.74) is 16.1. The van der Waals surface area contributed by atoms with Crippen molar-refractivity contribution in [2.24, 2.45) is 29.2 Å². The number of carbonyl (C=O) groups excluding carboxylic acids is 15. The number of amides is 15. The van der Waals surface area contributed by atoms with E-state index in [2.05, 4.69) is 73.4 Å². The summed E-state index contributed by atoms with van der Waals surface area (Å²) in [6.07, 6.45) is 7.41. The third-order valence-electron chi connectivity index (χ3n) is 19.8. The molecule has 3 aromatic carbocycles. The molecule has 3 saturated heterocycles. The molecule has 3 fully saturated rings. The maximum absolute atomic E-state index is 14.8. The monoisotopic (exact) mass is 1510 g/mol. The second kappa shape index (κ2) is 37.7. The van der Waals surface area contributed by atoms with Crippen molar-refractivity contribution in [2.45, 2.75) is 154 Å². The average Bonchev–Trinajstić information content (AvgIpc) is 1.76. The van der Waals surface area contributed by atoms with Gasteiger partial charge in [0.15, 0.2) is 0 Å². The number of hydrogen-bond donors (Lipinski definition) is 16. The van der Waals surface area contributed by atoms with E-state index in [0.717, 1.165) is 38.3 Å². The number of rotatable bonds is 35. The van der Waals surface area contributed by atoms with Gasteiger partial charge in [-0.2, -0.15) is 0 Å². The van der Waals surface area contributed by atoms with E-state index >= 15 is 0 Å². The van der Waals surface area contributed by atoms with Gasteiger partial charge in [0, 0.05) is 83.8 Å². The molecular weight excluding hydrogens is 1410 g/mol. The van der Waals surface area contributed by atoms with Crippen LogP contribution in [-0.2, 0) is 91.2 Å². The van der Waals surface area contributed by atoms with Gasteiger partial charge in [-0.3, -0.25) is 71.9 Å². The van der Waals surface area contributed by atoms with Crippen molar-refractivity contribution < 1.29 is 71.9 Å². The van der Waals surface area contributed by atoms with Crippen molar-refractivity contribution in [3.05, 3.63) is 108 Å². The van der Waals surface area contributed by atoms with E-state index in [4.69, 9.17) is 11.5 Å². The number of nitrogens with one attached hydrogen (secondary N) is 14. The second-order valence-corrected chi connectivity index (χ2v) is 28.7. The SMILES string of the molecule is CC(C)[C@H](NC(=O)CNC(=O)[C@@H]1CCCN1C(=O)[C@H](Cc1c[nH]c2ccccc12)NC(=O)CNC(=O)[C@@H](NC(=O)CNC(=O)[C@@H]1CCCN1C(=O)[C@H](Cc1c[nH]c2ccccc12)NC(=O)CNC(=O)[C@@H](NC(=O)CNC(=O)[C@@H]1CCCN1C(=O)[C@@H](N)Cc1c[nH]c2ccccc12)C(C)C)C(C)C)C(=O)NCC(N)=O. The van der Waals surface area contributed by atoms with Gasteiger partial charge in [-0.1, -0.05) is 96.1 Å². The molecule has 18 N–H and O–H groups in total. The van der Waals surface area contributed by atoms with Crippen molar-refractivity contribution in [1.82, 2.24) is 88.1 Å². The number of primary amides is 1. The molecule has 0 radical (unpaired) electrons. The molecule has 109 heavy (non-hydrogen) atoms. The first-order valence-corrected chi connectivity index (χ1v) is 36.8. The summed E-state index contributed by atoms with van der Waals surface area (Å²) in [7, 11) is 0. The minimum Gasteiger partial charge on any atom is -0.368 e. The van der Waals surface area contributed by atoms with Crippen LogP contribution in [0.4, 0.5) is 0 Å². The molecule has 6 heterocycles. The number of aromatic nitrogens is 3. The molecule has 3 aromatic heterocycles. The number of hydrogen-bond acceptors (Lipinski definition) is 16. The molecule has 9 rings (SSSR count). The Morgan fingerprint density at radius 2 is 0.670 bits per heavy atom. The van der Waals surface area contributed by atoms with Gasteiger partial charge in [-0.25, -0.2) is 0 Å². The zero-order valence-corrected chi connectivity index (χ0v) is 61.9. The number of para-hydroxylation sites is 3. The van der Waals surface area contributed by atoms with Crippen molar-refractivity contribution in [1.29, 1.82) is 0 Å². The summed E-state index contributed by atoms with van der Waals surface area (Å²) in [5.74, 6) is -11.8. The van der Waals surface area contributed by atoms with Crippen LogP contribution in [0.1, 0.15) is 96.8 Å². The molecule has 0 saturated carbocycles. The first-order valence-electron chi connectivity index (χ1n) is 36.8. The first kappa shape index (κ1) is 81.4. The molecular formula is C75H99N19O15. The minimum absolute atomic E-state index is 0.0478. The number of nitrogens with zero attached hydrogens (tertiary/aromatic N) is 3. The number of fused-ring (bicyclic) bond motifs is 3. The standard InChI is InChI=1S/C75H99N19O15/c1-40(2)64(70(104)81-34-58(77)95)89-61(98)38-83-68(102)56-23-14-26-93(56)74(108)53(29-44-32-79-51-20-11-8-17-47(44)51)87-60(97)36-86-72(106)66(42(5)6)91-63(100)39-84-69(103)57-24-15-27-94(57)75(109)54(30-45-33-80-52-21-12-9-18-48(45)52)88-59(96)35-85-71(105)65(41(3)4)90-62(99)37-82-67(101)55-22-13-25-92(55)73(107)49(76)28-43-31-78-50-19-10-7-16-46(43)50/h7-12,16-21,31-33,40-42,49,53-57,64-66,78-80H,13-15,22-30,34-39,76H2,1-6H3,(H2,77,95)(H,81,104)(H,82,101)(H,83,102)(H,84,103)(H,85,105)(H,86,106)(H,87,97)(H,88,96)(H,89,98)(H,90,99)(H,91,100)/t49-,53-,54-,55-,56-,57-,64-,65-,66-/m0/s1. The van der Waals surface area contributed by atoms with Gasteiger partial charge in [0.25, 0.3) is 0 Å². The van der Waals surface area contributed by atoms with E-state index in [-0.39, 0.29) is 45.2 Å². The number of H-pyrrole nitrogens is 3. The van der Waals surface area contributed by atoms with Gasteiger partial charge < -0.3 is 99.6 Å². The predicted molar refractivity (Wildman–Crippen MR) is 400 cm³/mol. The third kappa shape index (κ3) is 21.3. The Balaban J connectivity index is 0.760. The summed E-state index contributed by atoms with van der Waals surface area (Å²) >= 11 is 0. The largest absolute Gasteiger partial charge is 0.368 e. The molecule has 3 aliphatic heterocycles. The molecule has 0 bridgehead atoms. The van der Waals surface area contributed by atoms with Gasteiger partial charge in [0.1, 0.15) is 48.3 Å². The number of benzene rings is 3. The molecule has 0 spiro atoms. The van der Waals surface area contributed by atoms with E-state index < -0.39 is 200 Å². The lowest BCUT2D eigenvalue weighted by atomic mass is 10.0. The highest BCUT2D eigenvalue weighted by molar-refractivity contribution is 6.00. The molecule has 34 nitrogen and oxygen atoms in total. The Morgan fingerprint density at radius 3 is 0.991 bits per heavy atom. The van der Waals surface area contributed by atoms with Crippen molar-refractivity contribution >= 4 is 121 Å².